The van der Waals surface area contributed by atoms with Crippen molar-refractivity contribution in [1.82, 2.24) is 20.4 Å². The Kier molecular flexibility index (Phi) is 5.24. The number of thiocarbonyl (C=S) groups is 2. The van der Waals surface area contributed by atoms with Crippen molar-refractivity contribution >= 4 is 56.6 Å². The Morgan fingerprint density at radius 2 is 1.25 bits per heavy atom. The molecule has 2 saturated heterocycles. The molecule has 2 heterocycles. The van der Waals surface area contributed by atoms with Crippen molar-refractivity contribution in [3.63, 3.8) is 0 Å². The first-order valence-corrected chi connectivity index (χ1v) is 9.42. The second-order valence-corrected chi connectivity index (χ2v) is 9.10. The summed E-state index contributed by atoms with van der Waals surface area (Å²) >= 11 is 14.4. The predicted octanol–water partition coefficient (Wildman–Crippen LogP) is 2.22. The van der Waals surface area contributed by atoms with Crippen LogP contribution in [-0.4, -0.2) is 54.6 Å². The van der Waals surface area contributed by atoms with Gasteiger partial charge in [-0.2, -0.15) is 0 Å². The van der Waals surface area contributed by atoms with Gasteiger partial charge in [0, 0.05) is 13.1 Å². The van der Waals surface area contributed by atoms with Gasteiger partial charge in [-0.05, 0) is 27.7 Å². The molecule has 0 aromatic heterocycles. The number of hydrogen-bond donors (Lipinski definition) is 2. The molecule has 2 fully saturated rings. The van der Waals surface area contributed by atoms with Crippen molar-refractivity contribution in [3.05, 3.63) is 0 Å². The molecule has 0 aromatic rings. The van der Waals surface area contributed by atoms with Gasteiger partial charge in [0.05, 0.1) is 23.1 Å². The predicted molar refractivity (Wildman–Crippen MR) is 98.0 cm³/mol. The fourth-order valence-electron chi connectivity index (χ4n) is 2.29. The van der Waals surface area contributed by atoms with E-state index in [2.05, 4.69) is 48.1 Å². The maximum Gasteiger partial charge on any atom is 0.139 e. The highest BCUT2D eigenvalue weighted by Gasteiger charge is 2.36. The minimum absolute atomic E-state index is 0.0928. The van der Waals surface area contributed by atoms with E-state index in [1.165, 1.54) is 0 Å². The van der Waals surface area contributed by atoms with Crippen LogP contribution < -0.4 is 10.6 Å². The summed E-state index contributed by atoms with van der Waals surface area (Å²) in [6.45, 7) is 10.4. The third kappa shape index (κ3) is 3.59. The summed E-state index contributed by atoms with van der Waals surface area (Å²) in [4.78, 5) is 4.52. The topological polar surface area (TPSA) is 30.5 Å². The summed E-state index contributed by atoms with van der Waals surface area (Å²) in [5.41, 5.74) is -0.186. The van der Waals surface area contributed by atoms with Gasteiger partial charge in [-0.15, -0.1) is 0 Å². The van der Waals surface area contributed by atoms with Gasteiger partial charge in [-0.1, -0.05) is 48.0 Å². The summed E-state index contributed by atoms with van der Waals surface area (Å²) in [5.74, 6) is 1.76. The molecule has 0 atom stereocenters. The lowest BCUT2D eigenvalue weighted by Crippen LogP contribution is -2.64. The maximum atomic E-state index is 5.51. The lowest BCUT2D eigenvalue weighted by Gasteiger charge is -2.48. The standard InChI is InChI=1S/C12H22N4S4/c1-11(2)13-7-19-9(17)15(11)5-6-16-10(18)20-8-14-12(16,3)4/h13-14H,5-8H2,1-4H3. The van der Waals surface area contributed by atoms with Gasteiger partial charge >= 0.3 is 0 Å². The van der Waals surface area contributed by atoms with Crippen molar-refractivity contribution in [2.75, 3.05) is 24.8 Å². The summed E-state index contributed by atoms with van der Waals surface area (Å²) in [6, 6.07) is 0. The van der Waals surface area contributed by atoms with Gasteiger partial charge in [0.15, 0.2) is 0 Å². The van der Waals surface area contributed by atoms with Crippen LogP contribution in [0.5, 0.6) is 0 Å². The molecule has 2 N–H and O–H groups in total. The van der Waals surface area contributed by atoms with E-state index in [4.69, 9.17) is 24.4 Å². The molecule has 114 valence electrons. The molecule has 0 bridgehead atoms. The van der Waals surface area contributed by atoms with E-state index in [1.54, 1.807) is 23.5 Å². The molecule has 0 unspecified atom stereocenters. The average molecular weight is 351 g/mol. The highest BCUT2D eigenvalue weighted by molar-refractivity contribution is 8.23. The van der Waals surface area contributed by atoms with Crippen LogP contribution in [0, 0.1) is 0 Å². The van der Waals surface area contributed by atoms with Gasteiger partial charge in [-0.3, -0.25) is 10.6 Å². The van der Waals surface area contributed by atoms with Gasteiger partial charge in [0.25, 0.3) is 0 Å². The van der Waals surface area contributed by atoms with Crippen LogP contribution in [0.15, 0.2) is 0 Å². The Bertz CT molecular complexity index is 372. The highest BCUT2D eigenvalue weighted by Crippen LogP contribution is 2.27. The Balaban J connectivity index is 2.03. The largest absolute Gasteiger partial charge is 0.338 e. The zero-order valence-corrected chi connectivity index (χ0v) is 15.6. The van der Waals surface area contributed by atoms with E-state index in [0.717, 1.165) is 33.5 Å². The molecular formula is C12H22N4S4. The molecule has 0 aromatic carbocycles. The van der Waals surface area contributed by atoms with Gasteiger partial charge in [0.2, 0.25) is 0 Å². The Hall–Kier alpha value is 0.400. The Morgan fingerprint density at radius 1 is 0.900 bits per heavy atom. The number of hydrogen-bond acceptors (Lipinski definition) is 6. The van der Waals surface area contributed by atoms with Gasteiger partial charge in [0.1, 0.15) is 8.64 Å². The number of nitrogens with one attached hydrogen (secondary N) is 2. The molecule has 2 aliphatic rings. The van der Waals surface area contributed by atoms with E-state index in [1.807, 2.05) is 0 Å². The van der Waals surface area contributed by atoms with Crippen LogP contribution in [0.2, 0.25) is 0 Å². The summed E-state index contributed by atoms with van der Waals surface area (Å²) in [7, 11) is 0. The molecule has 2 rings (SSSR count). The van der Waals surface area contributed by atoms with E-state index < -0.39 is 0 Å². The van der Waals surface area contributed by atoms with E-state index in [-0.39, 0.29) is 11.3 Å². The van der Waals surface area contributed by atoms with Crippen molar-refractivity contribution in [3.8, 4) is 0 Å². The third-order valence-electron chi connectivity index (χ3n) is 3.74. The van der Waals surface area contributed by atoms with Crippen LogP contribution in [0.1, 0.15) is 27.7 Å². The van der Waals surface area contributed by atoms with Crippen LogP contribution in [0.25, 0.3) is 0 Å². The van der Waals surface area contributed by atoms with Crippen molar-refractivity contribution in [1.29, 1.82) is 0 Å². The average Bonchev–Trinajstić information content (AvgIpc) is 2.30. The summed E-state index contributed by atoms with van der Waals surface area (Å²) in [6.07, 6.45) is 0. The fraction of sp³-hybridized carbons (Fsp3) is 0.833. The molecule has 0 radical (unpaired) electrons. The van der Waals surface area contributed by atoms with Crippen molar-refractivity contribution in [2.45, 2.75) is 39.0 Å². The lowest BCUT2D eigenvalue weighted by molar-refractivity contribution is 0.130. The molecule has 0 amide bonds. The molecule has 2 aliphatic heterocycles. The smallest absolute Gasteiger partial charge is 0.139 e. The second kappa shape index (κ2) is 6.26. The number of rotatable bonds is 3. The zero-order valence-electron chi connectivity index (χ0n) is 12.4. The van der Waals surface area contributed by atoms with Gasteiger partial charge in [-0.25, -0.2) is 0 Å². The molecule has 4 nitrogen and oxygen atoms in total. The van der Waals surface area contributed by atoms with Crippen LogP contribution in [0.3, 0.4) is 0 Å². The molecule has 20 heavy (non-hydrogen) atoms. The van der Waals surface area contributed by atoms with Crippen LogP contribution in [0.4, 0.5) is 0 Å². The minimum atomic E-state index is -0.0928. The Morgan fingerprint density at radius 3 is 1.55 bits per heavy atom. The zero-order chi connectivity index (χ0) is 15.0. The van der Waals surface area contributed by atoms with Crippen molar-refractivity contribution < 1.29 is 0 Å². The van der Waals surface area contributed by atoms with Gasteiger partial charge < -0.3 is 9.80 Å². The molecular weight excluding hydrogens is 328 g/mol. The molecule has 8 heteroatoms. The second-order valence-electron chi connectivity index (χ2n) is 5.88. The first-order valence-electron chi connectivity index (χ1n) is 6.63. The van der Waals surface area contributed by atoms with Crippen LogP contribution >= 0.6 is 48.0 Å². The normalized spacial score (nSPS) is 26.0. The molecule has 0 aliphatic carbocycles. The quantitative estimate of drug-likeness (QED) is 0.750. The highest BCUT2D eigenvalue weighted by atomic mass is 32.2. The monoisotopic (exact) mass is 350 g/mol. The fourth-order valence-corrected chi connectivity index (χ4v) is 5.33. The first-order chi connectivity index (χ1) is 9.24. The molecule has 0 saturated carbocycles. The van der Waals surface area contributed by atoms with E-state index in [0.29, 0.717) is 0 Å². The lowest BCUT2D eigenvalue weighted by atomic mass is 10.2. The first kappa shape index (κ1) is 16.8. The summed E-state index contributed by atoms with van der Waals surface area (Å²) in [5, 5.41) is 6.98. The van der Waals surface area contributed by atoms with Crippen molar-refractivity contribution in [2.24, 2.45) is 0 Å². The number of thioether (sulfide) groups is 2. The summed E-state index contributed by atoms with van der Waals surface area (Å²) < 4.78 is 1.94. The SMILES string of the molecule is CC1(C)NCSC(=S)N1CCN1C(=S)SCNC1(C)C. The molecule has 0 spiro atoms. The Labute approximate surface area is 140 Å². The van der Waals surface area contributed by atoms with E-state index >= 15 is 0 Å². The maximum absolute atomic E-state index is 5.51. The van der Waals surface area contributed by atoms with E-state index in [9.17, 15) is 0 Å². The number of nitrogens with zero attached hydrogens (tertiary/aromatic N) is 2. The van der Waals surface area contributed by atoms with Crippen LogP contribution in [-0.2, 0) is 0 Å². The minimum Gasteiger partial charge on any atom is -0.338 e. The third-order valence-corrected chi connectivity index (χ3v) is 6.40.